The normalized spacial score (nSPS) is 14.6. The van der Waals surface area contributed by atoms with E-state index in [0.29, 0.717) is 17.3 Å². The second kappa shape index (κ2) is 7.20. The Morgan fingerprint density at radius 3 is 2.48 bits per heavy atom. The van der Waals surface area contributed by atoms with Gasteiger partial charge in [-0.2, -0.15) is 5.10 Å². The number of nitrogens with zero attached hydrogens (tertiary/aromatic N) is 4. The molecular formula is C21H23N5O3. The Bertz CT molecular complexity index is 1190. The van der Waals surface area contributed by atoms with Crippen molar-refractivity contribution < 1.29 is 4.79 Å². The van der Waals surface area contributed by atoms with E-state index in [9.17, 15) is 14.4 Å². The predicted molar refractivity (Wildman–Crippen MR) is 110 cm³/mol. The maximum atomic E-state index is 13.0. The first-order valence-corrected chi connectivity index (χ1v) is 9.63. The Labute approximate surface area is 167 Å². The Morgan fingerprint density at radius 1 is 1.14 bits per heavy atom. The minimum absolute atomic E-state index is 0.194. The van der Waals surface area contributed by atoms with E-state index in [4.69, 9.17) is 0 Å². The lowest BCUT2D eigenvalue weighted by Gasteiger charge is -2.14. The van der Waals surface area contributed by atoms with Gasteiger partial charge in [-0.3, -0.25) is 19.1 Å². The van der Waals surface area contributed by atoms with E-state index in [1.165, 1.54) is 15.4 Å². The van der Waals surface area contributed by atoms with Crippen LogP contribution in [-0.4, -0.2) is 25.1 Å². The van der Waals surface area contributed by atoms with Crippen molar-refractivity contribution in [3.63, 3.8) is 0 Å². The second-order valence-corrected chi connectivity index (χ2v) is 7.42. The van der Waals surface area contributed by atoms with E-state index in [-0.39, 0.29) is 16.8 Å². The molecule has 1 N–H and O–H groups in total. The smallest absolute Gasteiger partial charge is 0.295 e. The van der Waals surface area contributed by atoms with Crippen LogP contribution < -0.4 is 16.4 Å². The van der Waals surface area contributed by atoms with Gasteiger partial charge < -0.3 is 5.32 Å². The van der Waals surface area contributed by atoms with Crippen LogP contribution in [0.2, 0.25) is 0 Å². The standard InChI is InChI=1S/C21H23N5O3/c1-13-19(21(29)26(24(13)3)16-7-5-4-6-8-16)22-20(28)14(2)25-18(27)12-11-17(23-25)15-9-10-15/h4-8,11-12,14-15H,9-10H2,1-3H3,(H,22,28)/t14-/m0/s1. The van der Waals surface area contributed by atoms with E-state index in [1.807, 2.05) is 30.3 Å². The van der Waals surface area contributed by atoms with Crippen LogP contribution >= 0.6 is 0 Å². The van der Waals surface area contributed by atoms with Gasteiger partial charge >= 0.3 is 0 Å². The molecule has 1 saturated carbocycles. The van der Waals surface area contributed by atoms with Crippen molar-refractivity contribution in [1.82, 2.24) is 19.1 Å². The fourth-order valence-corrected chi connectivity index (χ4v) is 3.37. The van der Waals surface area contributed by atoms with E-state index in [0.717, 1.165) is 18.5 Å². The number of aromatic nitrogens is 4. The molecule has 8 heteroatoms. The Morgan fingerprint density at radius 2 is 1.83 bits per heavy atom. The number of carbonyl (C=O) groups excluding carboxylic acids is 1. The first-order chi connectivity index (χ1) is 13.9. The number of nitrogens with one attached hydrogen (secondary N) is 1. The maximum Gasteiger partial charge on any atom is 0.295 e. The molecule has 1 aliphatic rings. The molecule has 0 spiro atoms. The van der Waals surface area contributed by atoms with Crippen LogP contribution in [0.3, 0.4) is 0 Å². The average Bonchev–Trinajstić information content (AvgIpc) is 3.54. The molecule has 0 saturated heterocycles. The maximum absolute atomic E-state index is 13.0. The van der Waals surface area contributed by atoms with Crippen LogP contribution in [0.5, 0.6) is 0 Å². The summed E-state index contributed by atoms with van der Waals surface area (Å²) in [6.07, 6.45) is 2.10. The molecule has 1 amide bonds. The molecule has 0 aliphatic heterocycles. The van der Waals surface area contributed by atoms with Gasteiger partial charge in [0, 0.05) is 19.0 Å². The first kappa shape index (κ1) is 18.9. The summed E-state index contributed by atoms with van der Waals surface area (Å²) in [7, 11) is 1.76. The SMILES string of the molecule is Cc1c(NC(=O)[C@H](C)n2nc(C3CC3)ccc2=O)c(=O)n(-c2ccccc2)n1C. The third-order valence-corrected chi connectivity index (χ3v) is 5.39. The molecule has 0 radical (unpaired) electrons. The molecule has 4 rings (SSSR count). The molecule has 0 unspecified atom stereocenters. The molecule has 8 nitrogen and oxygen atoms in total. The molecule has 150 valence electrons. The number of hydrogen-bond donors (Lipinski definition) is 1. The van der Waals surface area contributed by atoms with Crippen molar-refractivity contribution in [2.24, 2.45) is 7.05 Å². The molecule has 3 aromatic rings. The minimum Gasteiger partial charge on any atom is -0.318 e. The highest BCUT2D eigenvalue weighted by Gasteiger charge is 2.28. The third-order valence-electron chi connectivity index (χ3n) is 5.39. The van der Waals surface area contributed by atoms with Crippen LogP contribution in [0, 0.1) is 6.92 Å². The van der Waals surface area contributed by atoms with Gasteiger partial charge in [0.25, 0.3) is 11.1 Å². The number of anilines is 1. The summed E-state index contributed by atoms with van der Waals surface area (Å²) in [6.45, 7) is 3.37. The van der Waals surface area contributed by atoms with Gasteiger partial charge in [-0.05, 0) is 44.9 Å². The third kappa shape index (κ3) is 3.41. The minimum atomic E-state index is -0.842. The van der Waals surface area contributed by atoms with E-state index >= 15 is 0 Å². The zero-order chi connectivity index (χ0) is 20.7. The Balaban J connectivity index is 1.65. The topological polar surface area (TPSA) is 90.9 Å². The summed E-state index contributed by atoms with van der Waals surface area (Å²) in [6, 6.07) is 11.5. The van der Waals surface area contributed by atoms with Gasteiger partial charge in [0.15, 0.2) is 0 Å². The quantitative estimate of drug-likeness (QED) is 0.719. The summed E-state index contributed by atoms with van der Waals surface area (Å²) in [5, 5.41) is 7.07. The number of rotatable bonds is 5. The lowest BCUT2D eigenvalue weighted by atomic mass is 10.2. The van der Waals surface area contributed by atoms with Crippen molar-refractivity contribution in [1.29, 1.82) is 0 Å². The molecular weight excluding hydrogens is 370 g/mol. The van der Waals surface area contributed by atoms with Crippen molar-refractivity contribution in [2.75, 3.05) is 5.32 Å². The van der Waals surface area contributed by atoms with Crippen LogP contribution in [-0.2, 0) is 11.8 Å². The number of para-hydroxylation sites is 1. The van der Waals surface area contributed by atoms with Crippen LogP contribution in [0.4, 0.5) is 5.69 Å². The van der Waals surface area contributed by atoms with Gasteiger partial charge in [0.05, 0.1) is 17.1 Å². The lowest BCUT2D eigenvalue weighted by molar-refractivity contribution is -0.119. The summed E-state index contributed by atoms with van der Waals surface area (Å²) < 4.78 is 4.38. The monoisotopic (exact) mass is 393 g/mol. The summed E-state index contributed by atoms with van der Waals surface area (Å²) in [5.41, 5.74) is 1.66. The molecule has 2 aromatic heterocycles. The molecule has 1 aromatic carbocycles. The average molecular weight is 393 g/mol. The van der Waals surface area contributed by atoms with Crippen LogP contribution in [0.1, 0.15) is 43.1 Å². The zero-order valence-electron chi connectivity index (χ0n) is 16.6. The largest absolute Gasteiger partial charge is 0.318 e. The van der Waals surface area contributed by atoms with Crippen molar-refractivity contribution in [3.05, 3.63) is 74.6 Å². The number of hydrogen-bond acceptors (Lipinski definition) is 4. The van der Waals surface area contributed by atoms with Gasteiger partial charge in [-0.15, -0.1) is 0 Å². The predicted octanol–water partition coefficient (Wildman–Crippen LogP) is 2.12. The molecule has 1 atom stereocenters. The number of benzene rings is 1. The van der Waals surface area contributed by atoms with Crippen molar-refractivity contribution in [2.45, 2.75) is 38.6 Å². The Hall–Kier alpha value is -3.42. The molecule has 29 heavy (non-hydrogen) atoms. The molecule has 2 heterocycles. The summed E-state index contributed by atoms with van der Waals surface area (Å²) >= 11 is 0. The highest BCUT2D eigenvalue weighted by atomic mass is 16.2. The van der Waals surface area contributed by atoms with Gasteiger partial charge in [-0.1, -0.05) is 18.2 Å². The molecule has 1 fully saturated rings. The summed E-state index contributed by atoms with van der Waals surface area (Å²) in [5.74, 6) is -0.0925. The number of amides is 1. The van der Waals surface area contributed by atoms with E-state index in [1.54, 1.807) is 31.6 Å². The number of carbonyl (C=O) groups is 1. The van der Waals surface area contributed by atoms with Gasteiger partial charge in [0.2, 0.25) is 5.91 Å². The summed E-state index contributed by atoms with van der Waals surface area (Å²) in [4.78, 5) is 38.1. The highest BCUT2D eigenvalue weighted by molar-refractivity contribution is 5.93. The second-order valence-electron chi connectivity index (χ2n) is 7.42. The van der Waals surface area contributed by atoms with Crippen LogP contribution in [0.15, 0.2) is 52.1 Å². The van der Waals surface area contributed by atoms with Gasteiger partial charge in [0.1, 0.15) is 11.7 Å². The molecule has 1 aliphatic carbocycles. The van der Waals surface area contributed by atoms with Crippen molar-refractivity contribution in [3.8, 4) is 5.69 Å². The van der Waals surface area contributed by atoms with E-state index < -0.39 is 11.9 Å². The lowest BCUT2D eigenvalue weighted by Crippen LogP contribution is -2.34. The zero-order valence-corrected chi connectivity index (χ0v) is 16.6. The fourth-order valence-electron chi connectivity index (χ4n) is 3.37. The molecule has 0 bridgehead atoms. The van der Waals surface area contributed by atoms with Crippen LogP contribution in [0.25, 0.3) is 5.69 Å². The van der Waals surface area contributed by atoms with Crippen molar-refractivity contribution >= 4 is 11.6 Å². The first-order valence-electron chi connectivity index (χ1n) is 9.63. The van der Waals surface area contributed by atoms with E-state index in [2.05, 4.69) is 10.4 Å². The fraction of sp³-hybridized carbons (Fsp3) is 0.333. The van der Waals surface area contributed by atoms with Gasteiger partial charge in [-0.25, -0.2) is 9.36 Å². The highest BCUT2D eigenvalue weighted by Crippen LogP contribution is 2.38. The Kier molecular flexibility index (Phi) is 4.70.